The van der Waals surface area contributed by atoms with Crippen molar-refractivity contribution >= 4 is 32.6 Å². The van der Waals surface area contributed by atoms with Crippen molar-refractivity contribution in [3.05, 3.63) is 64.7 Å². The Labute approximate surface area is 153 Å². The van der Waals surface area contributed by atoms with Gasteiger partial charge in [0.25, 0.3) is 0 Å². The van der Waals surface area contributed by atoms with Crippen LogP contribution in [0, 0.1) is 11.6 Å². The van der Waals surface area contributed by atoms with Gasteiger partial charge in [0.05, 0.1) is 4.90 Å². The molecule has 3 rings (SSSR count). The molecule has 1 aliphatic heterocycles. The molecule has 0 aromatic heterocycles. The number of hydrogen-bond acceptors (Lipinski definition) is 3. The maximum Gasteiger partial charge on any atom is 0.188 e. The Morgan fingerprint density at radius 1 is 1.04 bits per heavy atom. The van der Waals surface area contributed by atoms with E-state index in [2.05, 4.69) is 0 Å². The molecule has 0 saturated carbocycles. The molecular weight excluding hydrogens is 390 g/mol. The molecule has 0 unspecified atom stereocenters. The van der Waals surface area contributed by atoms with Gasteiger partial charge in [-0.2, -0.15) is 0 Å². The second-order valence-electron chi connectivity index (χ2n) is 5.92. The van der Waals surface area contributed by atoms with E-state index in [1.807, 2.05) is 0 Å². The van der Waals surface area contributed by atoms with Gasteiger partial charge in [-0.3, -0.25) is 0 Å². The Morgan fingerprint density at radius 3 is 2.24 bits per heavy atom. The quantitative estimate of drug-likeness (QED) is 0.730. The van der Waals surface area contributed by atoms with Crippen molar-refractivity contribution in [1.29, 1.82) is 0 Å². The fraction of sp³-hybridized carbons (Fsp3) is 0.294. The molecule has 0 spiro atoms. The van der Waals surface area contributed by atoms with E-state index >= 15 is 0 Å². The maximum atomic E-state index is 14.5. The lowest BCUT2D eigenvalue weighted by molar-refractivity contribution is 0.452. The second-order valence-corrected chi connectivity index (χ2v) is 10.3. The average molecular weight is 405 g/mol. The molecule has 3 nitrogen and oxygen atoms in total. The van der Waals surface area contributed by atoms with Crippen LogP contribution in [0.4, 0.5) is 8.78 Å². The Hall–Kier alpha value is -1.15. The first-order chi connectivity index (χ1) is 11.8. The topological polar surface area (TPSA) is 57.2 Å². The van der Waals surface area contributed by atoms with Crippen LogP contribution >= 0.6 is 11.6 Å². The molecule has 2 aromatic rings. The first-order valence-electron chi connectivity index (χ1n) is 7.57. The number of hydrogen-bond donors (Lipinski definition) is 0. The monoisotopic (exact) mass is 404 g/mol. The van der Waals surface area contributed by atoms with Gasteiger partial charge in [-0.1, -0.05) is 22.8 Å². The number of halogens is 3. The van der Waals surface area contributed by atoms with E-state index in [4.69, 9.17) is 11.6 Å². The van der Waals surface area contributed by atoms with Crippen molar-refractivity contribution in [1.82, 2.24) is 0 Å². The van der Waals surface area contributed by atoms with Crippen LogP contribution in [0.25, 0.3) is 0 Å². The molecule has 1 heterocycles. The van der Waals surface area contributed by atoms with Crippen molar-refractivity contribution in [3.8, 4) is 0 Å². The third-order valence-electron chi connectivity index (χ3n) is 4.52. The summed E-state index contributed by atoms with van der Waals surface area (Å²) in [7, 11) is -4.06. The van der Waals surface area contributed by atoms with E-state index in [1.165, 1.54) is 24.3 Å². The third kappa shape index (κ3) is 3.30. The van der Waals surface area contributed by atoms with Gasteiger partial charge in [-0.15, -0.1) is 0 Å². The van der Waals surface area contributed by atoms with Crippen molar-refractivity contribution in [2.24, 2.45) is 0 Å². The van der Waals surface area contributed by atoms with Crippen LogP contribution in [0.2, 0.25) is 5.02 Å². The summed E-state index contributed by atoms with van der Waals surface area (Å²) in [4.78, 5) is -0.0201. The van der Waals surface area contributed by atoms with Gasteiger partial charge in [-0.25, -0.2) is 17.2 Å². The van der Waals surface area contributed by atoms with Gasteiger partial charge < -0.3 is 4.55 Å². The Morgan fingerprint density at radius 2 is 1.64 bits per heavy atom. The van der Waals surface area contributed by atoms with Gasteiger partial charge in [0.15, 0.2) is 9.84 Å². The molecule has 1 aliphatic rings. The summed E-state index contributed by atoms with van der Waals surface area (Å²) in [6.07, 6.45) is -0.0735. The van der Waals surface area contributed by atoms with Crippen LogP contribution in [0.1, 0.15) is 18.4 Å². The molecule has 0 bridgehead atoms. The number of benzene rings is 2. The molecule has 0 atom stereocenters. The average Bonchev–Trinajstić information content (AvgIpc) is 2.58. The van der Waals surface area contributed by atoms with E-state index in [0.717, 1.165) is 18.2 Å². The lowest BCUT2D eigenvalue weighted by atomic mass is 9.91. The molecule has 1 fully saturated rings. The van der Waals surface area contributed by atoms with E-state index in [9.17, 15) is 21.8 Å². The molecule has 0 aliphatic carbocycles. The summed E-state index contributed by atoms with van der Waals surface area (Å²) in [5.74, 6) is -1.27. The van der Waals surface area contributed by atoms with Crippen molar-refractivity contribution in [3.63, 3.8) is 0 Å². The smallest absolute Gasteiger partial charge is 0.188 e. The summed E-state index contributed by atoms with van der Waals surface area (Å²) < 4.78 is 65.1. The molecule has 134 valence electrons. The van der Waals surface area contributed by atoms with E-state index in [0.29, 0.717) is 5.02 Å². The first kappa shape index (κ1) is 18.6. The minimum absolute atomic E-state index is 0.0201. The fourth-order valence-electron chi connectivity index (χ4n) is 3.15. The molecule has 0 radical (unpaired) electrons. The van der Waals surface area contributed by atoms with Crippen molar-refractivity contribution in [2.45, 2.75) is 22.5 Å². The van der Waals surface area contributed by atoms with Crippen LogP contribution in [0.3, 0.4) is 0 Å². The van der Waals surface area contributed by atoms with E-state index in [-0.39, 0.29) is 34.8 Å². The standard InChI is InChI=1S/C17H15ClF2O3S2/c18-12-1-4-14(5-2-12)25(22,23)17(7-9-24(21)10-8-17)15-11-13(19)3-6-16(15)20/h1-6,11H,7-10H2. The molecule has 25 heavy (non-hydrogen) atoms. The van der Waals surface area contributed by atoms with Crippen LogP contribution in [-0.4, -0.2) is 24.5 Å². The molecule has 2 aromatic carbocycles. The Kier molecular flexibility index (Phi) is 5.12. The fourth-order valence-corrected chi connectivity index (χ4v) is 7.03. The zero-order valence-corrected chi connectivity index (χ0v) is 15.4. The SMILES string of the molecule is O=S(=O)(c1ccc(Cl)cc1)C1(c2cc(F)ccc2F)CC[S+]([O-])CC1. The molecule has 0 N–H and O–H groups in total. The van der Waals surface area contributed by atoms with Crippen molar-refractivity contribution < 1.29 is 21.8 Å². The Balaban J connectivity index is 2.21. The molecule has 0 amide bonds. The molecule has 1 saturated heterocycles. The highest BCUT2D eigenvalue weighted by atomic mass is 35.5. The summed E-state index contributed by atoms with van der Waals surface area (Å²) in [6, 6.07) is 8.37. The lowest BCUT2D eigenvalue weighted by Gasteiger charge is -2.37. The van der Waals surface area contributed by atoms with Gasteiger partial charge in [-0.05, 0) is 42.5 Å². The van der Waals surface area contributed by atoms with Crippen LogP contribution in [0.15, 0.2) is 47.4 Å². The van der Waals surface area contributed by atoms with Crippen LogP contribution in [0.5, 0.6) is 0 Å². The summed E-state index contributed by atoms with van der Waals surface area (Å²) >= 11 is 4.65. The highest BCUT2D eigenvalue weighted by molar-refractivity contribution is 7.93. The number of rotatable bonds is 3. The normalized spacial score (nSPS) is 24.2. The maximum absolute atomic E-state index is 14.5. The van der Waals surface area contributed by atoms with Gasteiger partial charge in [0.2, 0.25) is 0 Å². The van der Waals surface area contributed by atoms with Gasteiger partial charge in [0, 0.05) is 23.4 Å². The molecular formula is C17H15ClF2O3S2. The Bertz CT molecular complexity index is 877. The third-order valence-corrected chi connectivity index (χ3v) is 8.65. The zero-order valence-electron chi connectivity index (χ0n) is 13.0. The van der Waals surface area contributed by atoms with E-state index < -0.39 is 37.4 Å². The van der Waals surface area contributed by atoms with E-state index in [1.54, 1.807) is 0 Å². The lowest BCUT2D eigenvalue weighted by Crippen LogP contribution is -2.44. The van der Waals surface area contributed by atoms with Crippen molar-refractivity contribution in [2.75, 3.05) is 11.5 Å². The predicted octanol–water partition coefficient (Wildman–Crippen LogP) is 3.83. The highest BCUT2D eigenvalue weighted by Crippen LogP contribution is 2.45. The largest absolute Gasteiger partial charge is 0.616 e. The van der Waals surface area contributed by atoms with Gasteiger partial charge in [0.1, 0.15) is 27.9 Å². The summed E-state index contributed by atoms with van der Waals surface area (Å²) in [5.41, 5.74) is -0.209. The zero-order chi connectivity index (χ0) is 18.2. The number of sulfone groups is 1. The predicted molar refractivity (Wildman–Crippen MR) is 93.8 cm³/mol. The minimum Gasteiger partial charge on any atom is -0.616 e. The molecule has 8 heteroatoms. The van der Waals surface area contributed by atoms with Gasteiger partial charge >= 0.3 is 0 Å². The second kappa shape index (κ2) is 6.87. The highest BCUT2D eigenvalue weighted by Gasteiger charge is 2.51. The summed E-state index contributed by atoms with van der Waals surface area (Å²) in [6.45, 7) is 0. The van der Waals surface area contributed by atoms with Crippen LogP contribution < -0.4 is 0 Å². The minimum atomic E-state index is -4.06. The van der Waals surface area contributed by atoms with Crippen LogP contribution in [-0.2, 0) is 25.8 Å². The first-order valence-corrected chi connectivity index (χ1v) is 10.9. The summed E-state index contributed by atoms with van der Waals surface area (Å²) in [5, 5.41) is 0.370.